The lowest BCUT2D eigenvalue weighted by Crippen LogP contribution is -2.39. The van der Waals surface area contributed by atoms with E-state index in [9.17, 15) is 36.6 Å². The van der Waals surface area contributed by atoms with Crippen LogP contribution in [0.2, 0.25) is 0 Å². The molecule has 0 aliphatic heterocycles. The van der Waals surface area contributed by atoms with Crippen molar-refractivity contribution in [1.29, 1.82) is 0 Å². The summed E-state index contributed by atoms with van der Waals surface area (Å²) >= 11 is 0. The predicted molar refractivity (Wildman–Crippen MR) is 120 cm³/mol. The molecular weight excluding hydrogens is 470 g/mol. The van der Waals surface area contributed by atoms with Gasteiger partial charge in [0.05, 0.1) is 17.9 Å². The molecule has 3 aromatic carbocycles. The van der Waals surface area contributed by atoms with E-state index in [-0.39, 0.29) is 29.8 Å². The highest BCUT2D eigenvalue weighted by Gasteiger charge is 2.31. The minimum absolute atomic E-state index is 0.0298. The molecule has 0 saturated heterocycles. The maximum Gasteiger partial charge on any atom is 0.261 e. The number of halogens is 5. The molecule has 0 aliphatic carbocycles. The van der Waals surface area contributed by atoms with Crippen LogP contribution in [-0.2, 0) is 11.3 Å². The number of hydrogen-bond acceptors (Lipinski definition) is 3. The van der Waals surface area contributed by atoms with E-state index in [1.165, 1.54) is 12.1 Å². The van der Waals surface area contributed by atoms with Gasteiger partial charge in [-0.25, -0.2) is 22.0 Å². The Labute approximate surface area is 198 Å². The Morgan fingerprint density at radius 1 is 0.943 bits per heavy atom. The van der Waals surface area contributed by atoms with Gasteiger partial charge in [-0.1, -0.05) is 48.8 Å². The highest BCUT2D eigenvalue weighted by atomic mass is 19.2. The molecule has 3 aromatic rings. The first-order valence-electron chi connectivity index (χ1n) is 10.3. The molecule has 2 radical (unpaired) electrons. The second-order valence-corrected chi connectivity index (χ2v) is 7.51. The zero-order chi connectivity index (χ0) is 25.9. The SMILES string of the molecule is [B]c1ccc(N(Cc2ccccc2)C(=O)C(O)CC)c(NC(=O)c2c(F)c(F)c(F)c(F)c2F)c1. The van der Waals surface area contributed by atoms with Gasteiger partial charge in [-0.2, -0.15) is 0 Å². The summed E-state index contributed by atoms with van der Waals surface area (Å²) in [5, 5.41) is 12.3. The van der Waals surface area contributed by atoms with Crippen molar-refractivity contribution in [3.05, 3.63) is 88.7 Å². The van der Waals surface area contributed by atoms with Crippen molar-refractivity contribution in [2.24, 2.45) is 0 Å². The molecule has 0 bridgehead atoms. The van der Waals surface area contributed by atoms with Crippen LogP contribution in [0.5, 0.6) is 0 Å². The summed E-state index contributed by atoms with van der Waals surface area (Å²) in [6, 6.07) is 12.4. The van der Waals surface area contributed by atoms with Gasteiger partial charge in [-0.05, 0) is 24.1 Å². The molecular formula is C24H18BF5N2O3. The lowest BCUT2D eigenvalue weighted by Gasteiger charge is -2.28. The molecule has 2 N–H and O–H groups in total. The summed E-state index contributed by atoms with van der Waals surface area (Å²) in [4.78, 5) is 26.7. The molecule has 11 heteroatoms. The number of nitrogens with zero attached hydrogens (tertiary/aromatic N) is 1. The summed E-state index contributed by atoms with van der Waals surface area (Å²) in [5.74, 6) is -14.0. The standard InChI is InChI=1S/C24H18BF5N2O3/c1-2-16(33)24(35)32(11-12-6-4-3-5-7-12)15-9-8-13(25)10-14(15)31-23(34)17-18(26)20(28)22(30)21(29)19(17)27/h3-10,16,33H,2,11H2,1H3,(H,31,34). The predicted octanol–water partition coefficient (Wildman–Crippen LogP) is 3.73. The third-order valence-electron chi connectivity index (χ3n) is 5.12. The van der Waals surface area contributed by atoms with Crippen molar-refractivity contribution in [3.8, 4) is 0 Å². The number of carbonyl (C=O) groups is 2. The zero-order valence-electron chi connectivity index (χ0n) is 18.3. The van der Waals surface area contributed by atoms with E-state index in [2.05, 4.69) is 5.32 Å². The minimum atomic E-state index is -2.41. The number of aliphatic hydroxyl groups is 1. The van der Waals surface area contributed by atoms with Crippen LogP contribution < -0.4 is 15.7 Å². The maximum atomic E-state index is 14.2. The second kappa shape index (κ2) is 10.7. The lowest BCUT2D eigenvalue weighted by molar-refractivity contribution is -0.126. The zero-order valence-corrected chi connectivity index (χ0v) is 18.3. The van der Waals surface area contributed by atoms with Crippen LogP contribution in [0.4, 0.5) is 33.3 Å². The quantitative estimate of drug-likeness (QED) is 0.231. The number of nitrogens with one attached hydrogen (secondary N) is 1. The Bertz CT molecular complexity index is 1240. The first kappa shape index (κ1) is 25.9. The monoisotopic (exact) mass is 488 g/mol. The van der Waals surface area contributed by atoms with Gasteiger partial charge in [-0.3, -0.25) is 9.59 Å². The number of hydrogen-bond donors (Lipinski definition) is 2. The number of rotatable bonds is 7. The molecule has 2 amide bonds. The van der Waals surface area contributed by atoms with E-state index < -0.39 is 52.6 Å². The third kappa shape index (κ3) is 5.35. The van der Waals surface area contributed by atoms with Crippen molar-refractivity contribution in [2.45, 2.75) is 26.0 Å². The van der Waals surface area contributed by atoms with E-state index in [4.69, 9.17) is 7.85 Å². The van der Waals surface area contributed by atoms with E-state index in [1.807, 2.05) is 0 Å². The topological polar surface area (TPSA) is 69.6 Å². The van der Waals surface area contributed by atoms with Crippen molar-refractivity contribution >= 4 is 36.5 Å². The van der Waals surface area contributed by atoms with Gasteiger partial charge >= 0.3 is 0 Å². The second-order valence-electron chi connectivity index (χ2n) is 7.51. The Hall–Kier alpha value is -3.73. The lowest BCUT2D eigenvalue weighted by atomic mass is 9.94. The highest BCUT2D eigenvalue weighted by Crippen LogP contribution is 2.30. The van der Waals surface area contributed by atoms with Crippen molar-refractivity contribution in [1.82, 2.24) is 0 Å². The third-order valence-corrected chi connectivity index (χ3v) is 5.12. The van der Waals surface area contributed by atoms with Crippen LogP contribution in [0.25, 0.3) is 0 Å². The smallest absolute Gasteiger partial charge is 0.261 e. The number of aliphatic hydroxyl groups excluding tert-OH is 1. The summed E-state index contributed by atoms with van der Waals surface area (Å²) in [6.45, 7) is 1.49. The van der Waals surface area contributed by atoms with Gasteiger partial charge < -0.3 is 15.3 Å². The molecule has 3 rings (SSSR count). The van der Waals surface area contributed by atoms with Gasteiger partial charge in [0.15, 0.2) is 23.3 Å². The van der Waals surface area contributed by atoms with Gasteiger partial charge in [0.2, 0.25) is 5.82 Å². The first-order valence-corrected chi connectivity index (χ1v) is 10.3. The van der Waals surface area contributed by atoms with Gasteiger partial charge in [0.25, 0.3) is 11.8 Å². The molecule has 0 aliphatic rings. The maximum absolute atomic E-state index is 14.2. The molecule has 180 valence electrons. The molecule has 0 spiro atoms. The Morgan fingerprint density at radius 2 is 1.51 bits per heavy atom. The van der Waals surface area contributed by atoms with E-state index >= 15 is 0 Å². The fraction of sp³-hybridized carbons (Fsp3) is 0.167. The molecule has 0 saturated carbocycles. The average Bonchev–Trinajstić information content (AvgIpc) is 2.85. The first-order chi connectivity index (χ1) is 16.6. The average molecular weight is 488 g/mol. The summed E-state index contributed by atoms with van der Waals surface area (Å²) in [7, 11) is 5.76. The van der Waals surface area contributed by atoms with Crippen LogP contribution in [0.15, 0.2) is 48.5 Å². The van der Waals surface area contributed by atoms with Crippen LogP contribution in [-0.4, -0.2) is 30.9 Å². The largest absolute Gasteiger partial charge is 0.383 e. The summed E-state index contributed by atoms with van der Waals surface area (Å²) in [6.07, 6.45) is -1.36. The van der Waals surface area contributed by atoms with Crippen molar-refractivity contribution in [3.63, 3.8) is 0 Å². The number of amides is 2. The molecule has 5 nitrogen and oxygen atoms in total. The fourth-order valence-electron chi connectivity index (χ4n) is 3.28. The van der Waals surface area contributed by atoms with Crippen LogP contribution in [0.3, 0.4) is 0 Å². The van der Waals surface area contributed by atoms with Gasteiger partial charge in [0.1, 0.15) is 19.5 Å². The molecule has 35 heavy (non-hydrogen) atoms. The normalized spacial score (nSPS) is 11.7. The molecule has 1 atom stereocenters. The van der Waals surface area contributed by atoms with E-state index in [1.54, 1.807) is 37.3 Å². The van der Waals surface area contributed by atoms with Crippen molar-refractivity contribution < 1.29 is 36.6 Å². The van der Waals surface area contributed by atoms with Crippen LogP contribution in [0.1, 0.15) is 29.3 Å². The number of benzene rings is 3. The van der Waals surface area contributed by atoms with Gasteiger partial charge in [0, 0.05) is 0 Å². The minimum Gasteiger partial charge on any atom is -0.383 e. The highest BCUT2D eigenvalue weighted by molar-refractivity contribution is 6.33. The fourth-order valence-corrected chi connectivity index (χ4v) is 3.28. The molecule has 0 heterocycles. The molecule has 1 unspecified atom stereocenters. The van der Waals surface area contributed by atoms with E-state index in [0.717, 1.165) is 11.0 Å². The summed E-state index contributed by atoms with van der Waals surface area (Å²) < 4.78 is 68.9. The number of anilines is 2. The Kier molecular flexibility index (Phi) is 7.90. The van der Waals surface area contributed by atoms with Crippen LogP contribution in [0, 0.1) is 29.1 Å². The van der Waals surface area contributed by atoms with Gasteiger partial charge in [-0.15, -0.1) is 0 Å². The molecule has 0 aromatic heterocycles. The number of carbonyl (C=O) groups excluding carboxylic acids is 2. The van der Waals surface area contributed by atoms with Crippen LogP contribution >= 0.6 is 0 Å². The van der Waals surface area contributed by atoms with E-state index in [0.29, 0.717) is 5.56 Å². The Balaban J connectivity index is 2.09. The Morgan fingerprint density at radius 3 is 2.09 bits per heavy atom. The molecule has 0 fully saturated rings. The summed E-state index contributed by atoms with van der Waals surface area (Å²) in [5.41, 5.74) is -1.30. The van der Waals surface area contributed by atoms with Crippen molar-refractivity contribution in [2.75, 3.05) is 10.2 Å².